The molecule has 0 aliphatic heterocycles. The highest BCUT2D eigenvalue weighted by Gasteiger charge is 2.15. The van der Waals surface area contributed by atoms with Crippen LogP contribution in [0.3, 0.4) is 0 Å². The molecule has 0 aliphatic carbocycles. The Kier molecular flexibility index (Phi) is 6.41. The van der Waals surface area contributed by atoms with Gasteiger partial charge < -0.3 is 15.4 Å². The molecule has 1 rings (SSSR count). The van der Waals surface area contributed by atoms with Crippen molar-refractivity contribution < 1.29 is 13.2 Å². The van der Waals surface area contributed by atoms with Gasteiger partial charge in [0.2, 0.25) is 10.0 Å². The predicted octanol–water partition coefficient (Wildman–Crippen LogP) is 0.384. The minimum atomic E-state index is -3.51. The number of hydrogen-bond acceptors (Lipinski definition) is 5. The molecule has 0 aliphatic rings. The normalized spacial score (nSPS) is 11.8. The van der Waals surface area contributed by atoms with Crippen LogP contribution in [0.15, 0.2) is 23.1 Å². The molecule has 114 valence electrons. The van der Waals surface area contributed by atoms with Crippen molar-refractivity contribution in [2.45, 2.75) is 18.4 Å². The summed E-state index contributed by atoms with van der Waals surface area (Å²) in [7, 11) is -0.0416. The summed E-state index contributed by atoms with van der Waals surface area (Å²) in [6, 6.07) is 4.68. The van der Waals surface area contributed by atoms with Gasteiger partial charge in [-0.25, -0.2) is 13.1 Å². The first-order valence-corrected chi connectivity index (χ1v) is 7.98. The van der Waals surface area contributed by atoms with E-state index in [0.29, 0.717) is 24.4 Å². The summed E-state index contributed by atoms with van der Waals surface area (Å²) in [5.74, 6) is 0.595. The molecule has 7 heteroatoms. The molecule has 3 N–H and O–H groups in total. The fourth-order valence-electron chi connectivity index (χ4n) is 1.69. The third-order valence-electron chi connectivity index (χ3n) is 3.11. The number of rotatable bonds is 8. The number of nitrogens with two attached hydrogens (primary N) is 1. The highest BCUT2D eigenvalue weighted by atomic mass is 32.2. The van der Waals surface area contributed by atoms with Crippen molar-refractivity contribution in [2.75, 3.05) is 33.8 Å². The summed E-state index contributed by atoms with van der Waals surface area (Å²) in [4.78, 5) is 2.24. The van der Waals surface area contributed by atoms with Crippen LogP contribution in [0.1, 0.15) is 12.5 Å². The molecular formula is C13H23N3O3S. The summed E-state index contributed by atoms with van der Waals surface area (Å²) in [5.41, 5.74) is 6.26. The molecule has 0 amide bonds. The number of sulfonamides is 1. The lowest BCUT2D eigenvalue weighted by Crippen LogP contribution is -2.33. The molecule has 0 bridgehead atoms. The number of methoxy groups -OCH3 is 1. The van der Waals surface area contributed by atoms with Gasteiger partial charge in [-0.3, -0.25) is 0 Å². The third kappa shape index (κ3) is 4.45. The Hall–Kier alpha value is -1.15. The maximum Gasteiger partial charge on any atom is 0.240 e. The first-order chi connectivity index (χ1) is 9.44. The summed E-state index contributed by atoms with van der Waals surface area (Å²) < 4.78 is 32.0. The van der Waals surface area contributed by atoms with Crippen molar-refractivity contribution in [3.05, 3.63) is 23.8 Å². The minimum Gasteiger partial charge on any atom is -0.496 e. The number of nitrogens with zero attached hydrogens (tertiary/aromatic N) is 1. The molecular weight excluding hydrogens is 278 g/mol. The number of ether oxygens (including phenoxy) is 1. The van der Waals surface area contributed by atoms with Gasteiger partial charge >= 0.3 is 0 Å². The number of nitrogens with one attached hydrogen (secondary N) is 1. The summed E-state index contributed by atoms with van der Waals surface area (Å²) in [6.07, 6.45) is 0. The Balaban J connectivity index is 2.82. The number of likely N-dealkylation sites (N-methyl/N-ethyl adjacent to an activating group) is 1. The van der Waals surface area contributed by atoms with Gasteiger partial charge in [-0.2, -0.15) is 0 Å². The SMILES string of the molecule is CCN(C)CCNS(=O)(=O)c1ccc(OC)c(CN)c1. The highest BCUT2D eigenvalue weighted by Crippen LogP contribution is 2.21. The molecule has 1 aromatic carbocycles. The average Bonchev–Trinajstić information content (AvgIpc) is 2.45. The maximum absolute atomic E-state index is 12.2. The van der Waals surface area contributed by atoms with Crippen LogP contribution in [0, 0.1) is 0 Å². The first kappa shape index (κ1) is 16.9. The van der Waals surface area contributed by atoms with Gasteiger partial charge in [-0.05, 0) is 31.8 Å². The Labute approximate surface area is 121 Å². The maximum atomic E-state index is 12.2. The summed E-state index contributed by atoms with van der Waals surface area (Å²) in [5, 5.41) is 0. The van der Waals surface area contributed by atoms with E-state index in [-0.39, 0.29) is 11.4 Å². The summed E-state index contributed by atoms with van der Waals surface area (Å²) >= 11 is 0. The smallest absolute Gasteiger partial charge is 0.240 e. The largest absolute Gasteiger partial charge is 0.496 e. The lowest BCUT2D eigenvalue weighted by Gasteiger charge is -2.15. The van der Waals surface area contributed by atoms with Crippen LogP contribution in [-0.4, -0.2) is 47.1 Å². The van der Waals surface area contributed by atoms with Gasteiger partial charge in [0.05, 0.1) is 12.0 Å². The van der Waals surface area contributed by atoms with E-state index in [9.17, 15) is 8.42 Å². The van der Waals surface area contributed by atoms with Crippen LogP contribution in [0.5, 0.6) is 5.75 Å². The number of benzene rings is 1. The van der Waals surface area contributed by atoms with Gasteiger partial charge in [0, 0.05) is 25.2 Å². The van der Waals surface area contributed by atoms with Gasteiger partial charge in [0.1, 0.15) is 5.75 Å². The molecule has 0 saturated carbocycles. The van der Waals surface area contributed by atoms with E-state index in [0.717, 1.165) is 6.54 Å². The topological polar surface area (TPSA) is 84.7 Å². The molecule has 1 aromatic rings. The van der Waals surface area contributed by atoms with Gasteiger partial charge in [-0.1, -0.05) is 6.92 Å². The van der Waals surface area contributed by atoms with Crippen molar-refractivity contribution in [3.8, 4) is 5.75 Å². The van der Waals surface area contributed by atoms with E-state index in [2.05, 4.69) is 4.72 Å². The number of hydrogen-bond donors (Lipinski definition) is 2. The molecule has 0 aromatic heterocycles. The van der Waals surface area contributed by atoms with Crippen molar-refractivity contribution in [3.63, 3.8) is 0 Å². The van der Waals surface area contributed by atoms with Crippen LogP contribution in [0.25, 0.3) is 0 Å². The van der Waals surface area contributed by atoms with Crippen LogP contribution in [-0.2, 0) is 16.6 Å². The van der Waals surface area contributed by atoms with Gasteiger partial charge in [0.15, 0.2) is 0 Å². The van der Waals surface area contributed by atoms with Gasteiger partial charge in [-0.15, -0.1) is 0 Å². The Morgan fingerprint density at radius 1 is 1.40 bits per heavy atom. The Morgan fingerprint density at radius 2 is 2.10 bits per heavy atom. The zero-order chi connectivity index (χ0) is 15.2. The molecule has 0 spiro atoms. The van der Waals surface area contributed by atoms with E-state index in [4.69, 9.17) is 10.5 Å². The summed E-state index contributed by atoms with van der Waals surface area (Å²) in [6.45, 7) is 4.16. The van der Waals surface area contributed by atoms with E-state index in [1.54, 1.807) is 12.1 Å². The van der Waals surface area contributed by atoms with Crippen molar-refractivity contribution in [2.24, 2.45) is 5.73 Å². The van der Waals surface area contributed by atoms with E-state index in [1.807, 2.05) is 18.9 Å². The molecule has 0 heterocycles. The predicted molar refractivity (Wildman–Crippen MR) is 79.2 cm³/mol. The van der Waals surface area contributed by atoms with Crippen molar-refractivity contribution >= 4 is 10.0 Å². The average molecular weight is 301 g/mol. The highest BCUT2D eigenvalue weighted by molar-refractivity contribution is 7.89. The molecule has 20 heavy (non-hydrogen) atoms. The third-order valence-corrected chi connectivity index (χ3v) is 4.57. The van der Waals surface area contributed by atoms with Crippen LogP contribution in [0.4, 0.5) is 0 Å². The monoisotopic (exact) mass is 301 g/mol. The van der Waals surface area contributed by atoms with E-state index in [1.165, 1.54) is 13.2 Å². The molecule has 6 nitrogen and oxygen atoms in total. The molecule has 0 radical (unpaired) electrons. The van der Waals surface area contributed by atoms with Gasteiger partial charge in [0.25, 0.3) is 0 Å². The van der Waals surface area contributed by atoms with E-state index < -0.39 is 10.0 Å². The fourth-order valence-corrected chi connectivity index (χ4v) is 2.77. The van der Waals surface area contributed by atoms with Crippen LogP contribution >= 0.6 is 0 Å². The molecule has 0 unspecified atom stereocenters. The Bertz CT molecular complexity index is 532. The quantitative estimate of drug-likeness (QED) is 0.725. The molecule has 0 atom stereocenters. The van der Waals surface area contributed by atoms with Crippen LogP contribution in [0.2, 0.25) is 0 Å². The second kappa shape index (κ2) is 7.58. The zero-order valence-corrected chi connectivity index (χ0v) is 13.0. The standard InChI is InChI=1S/C13H23N3O3S/c1-4-16(2)8-7-15-20(17,18)12-5-6-13(19-3)11(9-12)10-14/h5-6,9,15H,4,7-8,10,14H2,1-3H3. The van der Waals surface area contributed by atoms with Crippen LogP contribution < -0.4 is 15.2 Å². The molecule has 0 saturated heterocycles. The van der Waals surface area contributed by atoms with Crippen molar-refractivity contribution in [1.29, 1.82) is 0 Å². The fraction of sp³-hybridized carbons (Fsp3) is 0.538. The Morgan fingerprint density at radius 3 is 2.65 bits per heavy atom. The first-order valence-electron chi connectivity index (χ1n) is 6.49. The zero-order valence-electron chi connectivity index (χ0n) is 12.2. The van der Waals surface area contributed by atoms with E-state index >= 15 is 0 Å². The minimum absolute atomic E-state index is 0.206. The lowest BCUT2D eigenvalue weighted by atomic mass is 10.2. The van der Waals surface area contributed by atoms with Crippen molar-refractivity contribution in [1.82, 2.24) is 9.62 Å². The molecule has 0 fully saturated rings. The lowest BCUT2D eigenvalue weighted by molar-refractivity contribution is 0.358. The second-order valence-corrected chi connectivity index (χ2v) is 6.24. The second-order valence-electron chi connectivity index (χ2n) is 4.47.